The number of hydrogen-bond acceptors (Lipinski definition) is 3. The molecule has 1 heterocycles. The molecule has 13 heavy (non-hydrogen) atoms. The number of likely N-dealkylation sites (tertiary alicyclic amines) is 1. The maximum atomic E-state index is 9.84. The van der Waals surface area contributed by atoms with Gasteiger partial charge >= 0.3 is 5.97 Å². The van der Waals surface area contributed by atoms with Crippen LogP contribution in [0.5, 0.6) is 0 Å². The predicted molar refractivity (Wildman–Crippen MR) is 53.6 cm³/mol. The highest BCUT2D eigenvalue weighted by Gasteiger charge is 2.02. The molecule has 0 aromatic rings. The van der Waals surface area contributed by atoms with Crippen molar-refractivity contribution in [3.63, 3.8) is 0 Å². The Labute approximate surface area is 80.4 Å². The van der Waals surface area contributed by atoms with Crippen molar-refractivity contribution in [2.24, 2.45) is 0 Å². The number of rotatable bonds is 1. The molecular formula is C10H19NO2. The van der Waals surface area contributed by atoms with Gasteiger partial charge in [-0.05, 0) is 33.0 Å². The second kappa shape index (κ2) is 7.80. The number of ether oxygens (including phenoxy) is 1. The van der Waals surface area contributed by atoms with Gasteiger partial charge in [0.1, 0.15) is 0 Å². The molecule has 1 aliphatic heterocycles. The molecule has 0 saturated carbocycles. The van der Waals surface area contributed by atoms with Crippen molar-refractivity contribution in [3.05, 3.63) is 12.7 Å². The minimum atomic E-state index is -0.394. The van der Waals surface area contributed by atoms with E-state index in [4.69, 9.17) is 0 Å². The summed E-state index contributed by atoms with van der Waals surface area (Å²) in [5, 5.41) is 0. The molecule has 0 atom stereocenters. The predicted octanol–water partition coefficient (Wildman–Crippen LogP) is 1.45. The summed E-state index contributed by atoms with van der Waals surface area (Å²) in [6.45, 7) is 5.80. The van der Waals surface area contributed by atoms with Crippen LogP contribution in [-0.4, -0.2) is 38.1 Å². The second-order valence-corrected chi connectivity index (χ2v) is 3.09. The number of nitrogens with zero attached hydrogens (tertiary/aromatic N) is 1. The summed E-state index contributed by atoms with van der Waals surface area (Å²) < 4.78 is 4.14. The lowest BCUT2D eigenvalue weighted by atomic mass is 10.1. The van der Waals surface area contributed by atoms with Crippen LogP contribution in [0.2, 0.25) is 0 Å². The minimum absolute atomic E-state index is 0.394. The Hall–Kier alpha value is -0.830. The first-order chi connectivity index (χ1) is 6.20. The van der Waals surface area contributed by atoms with E-state index in [0.29, 0.717) is 0 Å². The molecule has 0 amide bonds. The van der Waals surface area contributed by atoms with E-state index < -0.39 is 5.97 Å². The number of carbonyl (C=O) groups is 1. The van der Waals surface area contributed by atoms with Crippen LogP contribution < -0.4 is 0 Å². The fraction of sp³-hybridized carbons (Fsp3) is 0.700. The second-order valence-electron chi connectivity index (χ2n) is 3.09. The van der Waals surface area contributed by atoms with E-state index in [2.05, 4.69) is 23.3 Å². The molecule has 1 fully saturated rings. The first-order valence-corrected chi connectivity index (χ1v) is 4.59. The minimum Gasteiger partial charge on any atom is -0.466 e. The van der Waals surface area contributed by atoms with Crippen LogP contribution in [0.25, 0.3) is 0 Å². The maximum absolute atomic E-state index is 9.84. The molecule has 0 radical (unpaired) electrons. The van der Waals surface area contributed by atoms with E-state index >= 15 is 0 Å². The third-order valence-corrected chi connectivity index (χ3v) is 1.95. The SMILES string of the molecule is C=CC(=O)OC.CN1CCCCC1. The highest BCUT2D eigenvalue weighted by Crippen LogP contribution is 2.04. The summed E-state index contributed by atoms with van der Waals surface area (Å²) >= 11 is 0. The molecule has 0 bridgehead atoms. The van der Waals surface area contributed by atoms with Crippen LogP contribution in [-0.2, 0) is 9.53 Å². The quantitative estimate of drug-likeness (QED) is 0.457. The molecule has 0 spiro atoms. The number of piperidine rings is 1. The Kier molecular flexibility index (Phi) is 7.30. The zero-order chi connectivity index (χ0) is 10.1. The van der Waals surface area contributed by atoms with Crippen LogP contribution in [0, 0.1) is 0 Å². The Balaban J connectivity index is 0.000000226. The van der Waals surface area contributed by atoms with Crippen molar-refractivity contribution in [2.75, 3.05) is 27.2 Å². The Morgan fingerprint density at radius 3 is 2.08 bits per heavy atom. The Morgan fingerprint density at radius 1 is 1.38 bits per heavy atom. The van der Waals surface area contributed by atoms with E-state index in [9.17, 15) is 4.79 Å². The monoisotopic (exact) mass is 185 g/mol. The molecule has 1 rings (SSSR count). The van der Waals surface area contributed by atoms with Crippen molar-refractivity contribution in [2.45, 2.75) is 19.3 Å². The van der Waals surface area contributed by atoms with Crippen LogP contribution in [0.1, 0.15) is 19.3 Å². The molecule has 3 heteroatoms. The van der Waals surface area contributed by atoms with Crippen molar-refractivity contribution in [3.8, 4) is 0 Å². The van der Waals surface area contributed by atoms with Gasteiger partial charge in [0.2, 0.25) is 0 Å². The molecule has 0 aliphatic carbocycles. The molecule has 0 N–H and O–H groups in total. The maximum Gasteiger partial charge on any atom is 0.329 e. The van der Waals surface area contributed by atoms with Gasteiger partial charge in [-0.3, -0.25) is 0 Å². The van der Waals surface area contributed by atoms with E-state index in [0.717, 1.165) is 6.08 Å². The van der Waals surface area contributed by atoms with Gasteiger partial charge in [0.05, 0.1) is 7.11 Å². The van der Waals surface area contributed by atoms with Gasteiger partial charge in [0.25, 0.3) is 0 Å². The zero-order valence-corrected chi connectivity index (χ0v) is 8.58. The lowest BCUT2D eigenvalue weighted by Gasteiger charge is -2.20. The number of carbonyl (C=O) groups excluding carboxylic acids is 1. The smallest absolute Gasteiger partial charge is 0.329 e. The van der Waals surface area contributed by atoms with Crippen molar-refractivity contribution in [1.29, 1.82) is 0 Å². The summed E-state index contributed by atoms with van der Waals surface area (Å²) in [5.41, 5.74) is 0. The van der Waals surface area contributed by atoms with Crippen molar-refractivity contribution >= 4 is 5.97 Å². The van der Waals surface area contributed by atoms with Gasteiger partial charge in [-0.2, -0.15) is 0 Å². The zero-order valence-electron chi connectivity index (χ0n) is 8.58. The lowest BCUT2D eigenvalue weighted by molar-refractivity contribution is -0.134. The average Bonchev–Trinajstić information content (AvgIpc) is 2.19. The summed E-state index contributed by atoms with van der Waals surface area (Å²) in [6.07, 6.45) is 5.39. The fourth-order valence-electron chi connectivity index (χ4n) is 1.14. The highest BCUT2D eigenvalue weighted by atomic mass is 16.5. The molecule has 76 valence electrons. The molecular weight excluding hydrogens is 166 g/mol. The first-order valence-electron chi connectivity index (χ1n) is 4.59. The summed E-state index contributed by atoms with van der Waals surface area (Å²) in [6, 6.07) is 0. The Bertz CT molecular complexity index is 151. The van der Waals surface area contributed by atoms with Crippen molar-refractivity contribution in [1.82, 2.24) is 4.90 Å². The highest BCUT2D eigenvalue weighted by molar-refractivity contribution is 5.80. The molecule has 1 saturated heterocycles. The van der Waals surface area contributed by atoms with Gasteiger partial charge in [-0.25, -0.2) is 4.79 Å². The Morgan fingerprint density at radius 2 is 1.92 bits per heavy atom. The first kappa shape index (κ1) is 12.2. The topological polar surface area (TPSA) is 29.5 Å². The molecule has 0 aromatic carbocycles. The molecule has 0 unspecified atom stereocenters. The van der Waals surface area contributed by atoms with E-state index in [1.165, 1.54) is 39.5 Å². The van der Waals surface area contributed by atoms with Gasteiger partial charge in [-0.1, -0.05) is 13.0 Å². The number of esters is 1. The van der Waals surface area contributed by atoms with Gasteiger partial charge in [0, 0.05) is 6.08 Å². The third-order valence-electron chi connectivity index (χ3n) is 1.95. The number of methoxy groups -OCH3 is 1. The lowest BCUT2D eigenvalue weighted by Crippen LogP contribution is -2.24. The van der Waals surface area contributed by atoms with Crippen LogP contribution >= 0.6 is 0 Å². The molecule has 3 nitrogen and oxygen atoms in total. The van der Waals surface area contributed by atoms with E-state index in [-0.39, 0.29) is 0 Å². The normalized spacial score (nSPS) is 16.8. The standard InChI is InChI=1S/C6H13N.C4H6O2/c1-7-5-3-2-4-6-7;1-3-4(5)6-2/h2-6H2,1H3;3H,1H2,2H3. The van der Waals surface area contributed by atoms with E-state index in [1.807, 2.05) is 0 Å². The van der Waals surface area contributed by atoms with Crippen LogP contribution in [0.3, 0.4) is 0 Å². The van der Waals surface area contributed by atoms with Crippen LogP contribution in [0.15, 0.2) is 12.7 Å². The van der Waals surface area contributed by atoms with Gasteiger partial charge in [0.15, 0.2) is 0 Å². The average molecular weight is 185 g/mol. The van der Waals surface area contributed by atoms with E-state index in [1.54, 1.807) is 0 Å². The largest absolute Gasteiger partial charge is 0.466 e. The van der Waals surface area contributed by atoms with Gasteiger partial charge in [-0.15, -0.1) is 0 Å². The molecule has 1 aliphatic rings. The summed E-state index contributed by atoms with van der Waals surface area (Å²) in [7, 11) is 3.50. The summed E-state index contributed by atoms with van der Waals surface area (Å²) in [5.74, 6) is -0.394. The van der Waals surface area contributed by atoms with Crippen molar-refractivity contribution < 1.29 is 9.53 Å². The van der Waals surface area contributed by atoms with Crippen LogP contribution in [0.4, 0.5) is 0 Å². The van der Waals surface area contributed by atoms with Gasteiger partial charge < -0.3 is 9.64 Å². The third kappa shape index (κ3) is 7.53. The summed E-state index contributed by atoms with van der Waals surface area (Å²) in [4.78, 5) is 12.2. The fourth-order valence-corrected chi connectivity index (χ4v) is 1.14. The molecule has 0 aromatic heterocycles. The number of hydrogen-bond donors (Lipinski definition) is 0.